The highest BCUT2D eigenvalue weighted by Gasteiger charge is 2.60. The number of thiazole rings is 1. The van der Waals surface area contributed by atoms with Crippen LogP contribution in [0.25, 0.3) is 22.6 Å². The van der Waals surface area contributed by atoms with Gasteiger partial charge in [0.1, 0.15) is 47.0 Å². The molecule has 1 saturated heterocycles. The number of hydrogen-bond acceptors (Lipinski definition) is 13. The van der Waals surface area contributed by atoms with Crippen molar-refractivity contribution in [1.82, 2.24) is 34.9 Å². The molecule has 1 fully saturated rings. The quantitative estimate of drug-likeness (QED) is 0.256. The Bertz CT molecular complexity index is 1360. The normalized spacial score (nSPS) is 26.2. The molecule has 0 saturated carbocycles. The number of aromatic nitrogens is 7. The van der Waals surface area contributed by atoms with Crippen LogP contribution in [0.1, 0.15) is 5.56 Å². The van der Waals surface area contributed by atoms with Crippen molar-refractivity contribution >= 4 is 40.7 Å². The van der Waals surface area contributed by atoms with Gasteiger partial charge < -0.3 is 25.4 Å². The number of ether oxygens (including phenoxy) is 2. The number of halogens is 1. The van der Waals surface area contributed by atoms with Gasteiger partial charge in [0.2, 0.25) is 0 Å². The molecule has 5 atom stereocenters. The first-order valence-electron chi connectivity index (χ1n) is 10.6. The summed E-state index contributed by atoms with van der Waals surface area (Å²) in [6.07, 6.45) is 4.23. The number of nitrogens with two attached hydrogens (primary N) is 1. The summed E-state index contributed by atoms with van der Waals surface area (Å²) in [7, 11) is 1.46. The highest BCUT2D eigenvalue weighted by molar-refractivity contribution is 7.80. The lowest BCUT2D eigenvalue weighted by Crippen LogP contribution is -2.68. The van der Waals surface area contributed by atoms with E-state index in [0.29, 0.717) is 38.4 Å². The molecular weight excluding hydrogens is 528 g/mol. The predicted molar refractivity (Wildman–Crippen MR) is 134 cm³/mol. The number of aliphatic hydroxyl groups is 2. The molecule has 1 unspecified atom stereocenters. The van der Waals surface area contributed by atoms with Crippen molar-refractivity contribution in [3.05, 3.63) is 53.1 Å². The molecule has 0 aromatic carbocycles. The molecule has 5 rings (SSSR count). The van der Waals surface area contributed by atoms with Crippen LogP contribution in [0.2, 0.25) is 5.02 Å². The number of methoxy groups -OCH3 is 1. The Morgan fingerprint density at radius 3 is 2.75 bits per heavy atom. The molecule has 1 aliphatic heterocycles. The van der Waals surface area contributed by atoms with E-state index in [0.717, 1.165) is 0 Å². The lowest BCUT2D eigenvalue weighted by Gasteiger charge is -2.51. The first-order valence-corrected chi connectivity index (χ1v) is 12.4. The number of nitrogens with zero attached hydrogens (tertiary/aromatic N) is 7. The zero-order chi connectivity index (χ0) is 25.4. The second kappa shape index (κ2) is 9.97. The number of pyridine rings is 1. The molecule has 0 aliphatic carbocycles. The van der Waals surface area contributed by atoms with Gasteiger partial charge in [0.15, 0.2) is 5.13 Å². The third-order valence-electron chi connectivity index (χ3n) is 6.02. The molecule has 15 heteroatoms. The van der Waals surface area contributed by atoms with Crippen molar-refractivity contribution in [3.63, 3.8) is 0 Å². The minimum absolute atomic E-state index is 0.294. The van der Waals surface area contributed by atoms with Gasteiger partial charge in [-0.2, -0.15) is 0 Å². The number of anilines is 1. The van der Waals surface area contributed by atoms with Crippen molar-refractivity contribution in [2.45, 2.75) is 29.3 Å². The predicted octanol–water partition coefficient (Wildman–Crippen LogP) is 1.26. The Morgan fingerprint density at radius 1 is 1.31 bits per heavy atom. The van der Waals surface area contributed by atoms with Crippen molar-refractivity contribution in [3.8, 4) is 22.6 Å². The van der Waals surface area contributed by atoms with Crippen molar-refractivity contribution < 1.29 is 19.7 Å². The van der Waals surface area contributed by atoms with Crippen LogP contribution in [0.4, 0.5) is 5.13 Å². The molecule has 4 aromatic heterocycles. The fourth-order valence-electron chi connectivity index (χ4n) is 4.50. The van der Waals surface area contributed by atoms with Crippen molar-refractivity contribution in [1.29, 1.82) is 0 Å². The Labute approximate surface area is 219 Å². The average Bonchev–Trinajstić information content (AvgIpc) is 3.55. The Balaban J connectivity index is 1.83. The van der Waals surface area contributed by atoms with Crippen LogP contribution in [0, 0.1) is 0 Å². The Morgan fingerprint density at radius 2 is 2.08 bits per heavy atom. The van der Waals surface area contributed by atoms with Gasteiger partial charge in [-0.1, -0.05) is 16.8 Å². The van der Waals surface area contributed by atoms with Gasteiger partial charge in [-0.15, -0.1) is 29.1 Å². The molecule has 4 N–H and O–H groups in total. The summed E-state index contributed by atoms with van der Waals surface area (Å²) in [6, 6.07) is 1.65. The first-order chi connectivity index (χ1) is 17.4. The third-order valence-corrected chi connectivity index (χ3v) is 7.29. The highest BCUT2D eigenvalue weighted by atomic mass is 35.5. The summed E-state index contributed by atoms with van der Waals surface area (Å²) < 4.78 is 13.1. The van der Waals surface area contributed by atoms with E-state index < -0.39 is 35.9 Å². The van der Waals surface area contributed by atoms with Crippen LogP contribution in [0.15, 0.2) is 42.6 Å². The molecular formula is C21H21ClN8O4S2. The third kappa shape index (κ3) is 4.04. The van der Waals surface area contributed by atoms with E-state index in [-0.39, 0.29) is 0 Å². The first kappa shape index (κ1) is 25.0. The maximum Gasteiger partial charge on any atom is 0.180 e. The second-order valence-electron chi connectivity index (χ2n) is 7.97. The lowest BCUT2D eigenvalue weighted by molar-refractivity contribution is -0.213. The standard InChI is InChI=1S/C21H21ClN8O4S2/c1-33-18-19(35)34-15(7-31)17(32)21(18,30-6-13(28-29-30)14-8-36-20(23)27-14)12-2-11(22)5-26-16(12)10-3-24-9-25-4-10/h2-6,8-9,15,17-19,31-32,35H,7H2,1H3,(H2,23,27)/t15-,17+,18+,19-,21?/m1/s1. The number of nitrogen functional groups attached to an aromatic ring is 1. The number of rotatable bonds is 6. The van der Waals surface area contributed by atoms with E-state index in [1.807, 2.05) is 0 Å². The zero-order valence-corrected chi connectivity index (χ0v) is 21.2. The molecule has 188 valence electrons. The summed E-state index contributed by atoms with van der Waals surface area (Å²) in [6.45, 7) is -0.502. The summed E-state index contributed by atoms with van der Waals surface area (Å²) in [5.74, 6) is 0. The van der Waals surface area contributed by atoms with Crippen LogP contribution >= 0.6 is 35.6 Å². The van der Waals surface area contributed by atoms with E-state index in [4.69, 9.17) is 26.8 Å². The minimum Gasteiger partial charge on any atom is -0.394 e. The molecule has 36 heavy (non-hydrogen) atoms. The Kier molecular flexibility index (Phi) is 6.91. The van der Waals surface area contributed by atoms with Crippen molar-refractivity contribution in [2.75, 3.05) is 19.5 Å². The SMILES string of the molecule is CO[C@H]1[C@@H](S)O[C@H](CO)[C@H](O)C1(c1cc(Cl)cnc1-c1cncnc1)n1cc(-c2csc(N)n2)nn1. The minimum atomic E-state index is -1.57. The van der Waals surface area contributed by atoms with E-state index in [9.17, 15) is 10.2 Å². The summed E-state index contributed by atoms with van der Waals surface area (Å²) in [5.41, 5.74) is 5.65. The zero-order valence-electron chi connectivity index (χ0n) is 18.7. The van der Waals surface area contributed by atoms with E-state index >= 15 is 0 Å². The van der Waals surface area contributed by atoms with Gasteiger partial charge in [-0.05, 0) is 6.07 Å². The molecule has 0 radical (unpaired) electrons. The molecule has 1 aliphatic rings. The number of hydrogen-bond donors (Lipinski definition) is 4. The van der Waals surface area contributed by atoms with Gasteiger partial charge in [-0.25, -0.2) is 19.6 Å². The number of thiol groups is 1. The van der Waals surface area contributed by atoms with Crippen molar-refractivity contribution in [2.24, 2.45) is 0 Å². The molecule has 0 bridgehead atoms. The van der Waals surface area contributed by atoms with E-state index in [2.05, 4.69) is 42.9 Å². The molecule has 4 aromatic rings. The van der Waals surface area contributed by atoms with Crippen LogP contribution in [0.5, 0.6) is 0 Å². The second-order valence-corrected chi connectivity index (χ2v) is 9.81. The summed E-state index contributed by atoms with van der Waals surface area (Å²) in [5, 5.41) is 33.0. The van der Waals surface area contributed by atoms with Crippen LogP contribution < -0.4 is 5.73 Å². The molecule has 0 amide bonds. The van der Waals surface area contributed by atoms with Gasteiger partial charge in [0, 0.05) is 42.2 Å². The maximum absolute atomic E-state index is 11.8. The van der Waals surface area contributed by atoms with Crippen LogP contribution in [-0.2, 0) is 15.0 Å². The average molecular weight is 549 g/mol. The molecule has 0 spiro atoms. The number of aliphatic hydroxyl groups excluding tert-OH is 2. The maximum atomic E-state index is 11.8. The fraction of sp³-hybridized carbons (Fsp3) is 0.333. The summed E-state index contributed by atoms with van der Waals surface area (Å²) in [4.78, 5) is 17.0. The van der Waals surface area contributed by atoms with Gasteiger partial charge in [0.05, 0.1) is 23.5 Å². The van der Waals surface area contributed by atoms with Crippen LogP contribution in [0.3, 0.4) is 0 Å². The fourth-order valence-corrected chi connectivity index (χ4v) is 5.72. The van der Waals surface area contributed by atoms with Gasteiger partial charge >= 0.3 is 0 Å². The van der Waals surface area contributed by atoms with Crippen LogP contribution in [-0.4, -0.2) is 82.6 Å². The largest absolute Gasteiger partial charge is 0.394 e. The molecule has 12 nitrogen and oxygen atoms in total. The lowest BCUT2D eigenvalue weighted by atomic mass is 9.74. The van der Waals surface area contributed by atoms with E-state index in [1.165, 1.54) is 35.7 Å². The molecule has 5 heterocycles. The smallest absolute Gasteiger partial charge is 0.180 e. The van der Waals surface area contributed by atoms with E-state index in [1.54, 1.807) is 30.0 Å². The van der Waals surface area contributed by atoms with Gasteiger partial charge in [0.25, 0.3) is 0 Å². The Hall–Kier alpha value is -2.72. The van der Waals surface area contributed by atoms with Gasteiger partial charge in [-0.3, -0.25) is 4.98 Å². The highest BCUT2D eigenvalue weighted by Crippen LogP contribution is 2.47. The topological polar surface area (TPSA) is 167 Å². The summed E-state index contributed by atoms with van der Waals surface area (Å²) >= 11 is 12.3. The monoisotopic (exact) mass is 548 g/mol.